The molecule has 7 heteroatoms. The number of hydrogen-bond donors (Lipinski definition) is 1. The lowest BCUT2D eigenvalue weighted by atomic mass is 9.74. The van der Waals surface area contributed by atoms with Crippen LogP contribution in [0.3, 0.4) is 0 Å². The summed E-state index contributed by atoms with van der Waals surface area (Å²) in [6, 6.07) is 5.45. The highest BCUT2D eigenvalue weighted by atomic mass is 35.5. The van der Waals surface area contributed by atoms with Crippen LogP contribution in [0.4, 0.5) is 4.39 Å². The van der Waals surface area contributed by atoms with E-state index >= 15 is 4.39 Å². The molecule has 1 fully saturated rings. The number of piperidine rings is 1. The molecule has 190 valence electrons. The molecule has 3 rings (SSSR count). The number of hydrogen-bond acceptors (Lipinski definition) is 5. The lowest BCUT2D eigenvalue weighted by Crippen LogP contribution is -2.42. The number of thioether (sulfide) groups is 1. The summed E-state index contributed by atoms with van der Waals surface area (Å²) < 4.78 is 20.9. The second kappa shape index (κ2) is 13.9. The van der Waals surface area contributed by atoms with Crippen LogP contribution >= 0.6 is 23.4 Å². The number of halogens is 2. The van der Waals surface area contributed by atoms with E-state index in [0.29, 0.717) is 40.1 Å². The third-order valence-electron chi connectivity index (χ3n) is 7.22. The van der Waals surface area contributed by atoms with Crippen molar-refractivity contribution in [3.05, 3.63) is 35.0 Å². The van der Waals surface area contributed by atoms with Crippen LogP contribution in [0.5, 0.6) is 5.75 Å². The fourth-order valence-corrected chi connectivity index (χ4v) is 6.09. The molecule has 0 spiro atoms. The number of likely N-dealkylation sites (tertiary alicyclic amines) is 1. The first-order valence-corrected chi connectivity index (χ1v) is 14.2. The van der Waals surface area contributed by atoms with Crippen LogP contribution in [0.1, 0.15) is 70.0 Å². The second-order valence-corrected chi connectivity index (χ2v) is 11.2. The fourth-order valence-electron chi connectivity index (χ4n) is 4.87. The van der Waals surface area contributed by atoms with Gasteiger partial charge in [0.1, 0.15) is 11.9 Å². The maximum absolute atomic E-state index is 15.6. The van der Waals surface area contributed by atoms with Crippen LogP contribution in [0.25, 0.3) is 10.9 Å². The van der Waals surface area contributed by atoms with Crippen LogP contribution < -0.4 is 4.74 Å². The molecule has 1 N–H and O–H groups in total. The van der Waals surface area contributed by atoms with Crippen molar-refractivity contribution in [2.24, 2.45) is 5.41 Å². The van der Waals surface area contributed by atoms with E-state index in [1.807, 2.05) is 12.1 Å². The topological polar surface area (TPSA) is 45.6 Å². The van der Waals surface area contributed by atoms with Crippen LogP contribution in [0, 0.1) is 5.41 Å². The molecule has 0 saturated carbocycles. The Bertz CT molecular complexity index is 892. The van der Waals surface area contributed by atoms with Gasteiger partial charge in [0, 0.05) is 23.8 Å². The Kier molecular flexibility index (Phi) is 11.2. The van der Waals surface area contributed by atoms with Crippen molar-refractivity contribution >= 4 is 34.3 Å². The van der Waals surface area contributed by atoms with Crippen molar-refractivity contribution in [1.29, 1.82) is 0 Å². The molecule has 0 bridgehead atoms. The van der Waals surface area contributed by atoms with Gasteiger partial charge >= 0.3 is 0 Å². The predicted molar refractivity (Wildman–Crippen MR) is 143 cm³/mol. The SMILES string of the molecule is CCCCCSCCCN1CCC(CO)(CCC(F)c2c(Cl)cnc3ccc(OC)cc23)CC1. The van der Waals surface area contributed by atoms with Crippen molar-refractivity contribution in [3.8, 4) is 5.75 Å². The number of methoxy groups -OCH3 is 1. The average Bonchev–Trinajstić information content (AvgIpc) is 2.87. The Morgan fingerprint density at radius 3 is 2.71 bits per heavy atom. The van der Waals surface area contributed by atoms with Gasteiger partial charge in [0.15, 0.2) is 0 Å². The molecule has 2 heterocycles. The molecular formula is C27H40ClFN2O2S. The van der Waals surface area contributed by atoms with Gasteiger partial charge in [-0.15, -0.1) is 0 Å². The highest BCUT2D eigenvalue weighted by molar-refractivity contribution is 7.99. The van der Waals surface area contributed by atoms with E-state index in [-0.39, 0.29) is 12.0 Å². The summed E-state index contributed by atoms with van der Waals surface area (Å²) in [4.78, 5) is 6.84. The Hall–Kier alpha value is -1.08. The van der Waals surface area contributed by atoms with E-state index < -0.39 is 6.17 Å². The second-order valence-electron chi connectivity index (χ2n) is 9.58. The van der Waals surface area contributed by atoms with Crippen LogP contribution in [0.15, 0.2) is 24.4 Å². The number of alkyl halides is 1. The van der Waals surface area contributed by atoms with Gasteiger partial charge in [0.25, 0.3) is 0 Å². The van der Waals surface area contributed by atoms with E-state index in [9.17, 15) is 5.11 Å². The van der Waals surface area contributed by atoms with Crippen LogP contribution in [0.2, 0.25) is 5.02 Å². The number of ether oxygens (including phenoxy) is 1. The largest absolute Gasteiger partial charge is 0.497 e. The third kappa shape index (κ3) is 7.46. The van der Waals surface area contributed by atoms with Gasteiger partial charge in [-0.05, 0) is 93.3 Å². The van der Waals surface area contributed by atoms with Crippen molar-refractivity contribution in [1.82, 2.24) is 9.88 Å². The van der Waals surface area contributed by atoms with E-state index in [0.717, 1.165) is 32.5 Å². The number of rotatable bonds is 14. The van der Waals surface area contributed by atoms with Gasteiger partial charge in [0.2, 0.25) is 0 Å². The summed E-state index contributed by atoms with van der Waals surface area (Å²) in [5.74, 6) is 3.15. The number of aromatic nitrogens is 1. The Morgan fingerprint density at radius 2 is 2.00 bits per heavy atom. The predicted octanol–water partition coefficient (Wildman–Crippen LogP) is 7.08. The first-order chi connectivity index (χ1) is 16.5. The minimum Gasteiger partial charge on any atom is -0.497 e. The Morgan fingerprint density at radius 1 is 1.24 bits per heavy atom. The molecule has 1 aromatic heterocycles. The standard InChI is InChI=1S/C27H40ClFN2O2S/c1-3-4-5-16-34-17-6-13-31-14-11-27(20-32,12-15-31)10-9-24(29)26-22-18-21(33-2)7-8-25(22)30-19-23(26)28/h7-8,18-19,24,32H,3-6,9-17,20H2,1-2H3. The molecule has 34 heavy (non-hydrogen) atoms. The van der Waals surface area contributed by atoms with Crippen LogP contribution in [-0.4, -0.2) is 59.8 Å². The quantitative estimate of drug-likeness (QED) is 0.275. The molecular weight excluding hydrogens is 471 g/mol. The molecule has 1 aliphatic heterocycles. The highest BCUT2D eigenvalue weighted by Crippen LogP contribution is 2.41. The molecule has 0 radical (unpaired) electrons. The van der Waals surface area contributed by atoms with Crippen molar-refractivity contribution in [2.45, 2.75) is 64.5 Å². The summed E-state index contributed by atoms with van der Waals surface area (Å²) in [5.41, 5.74) is 0.979. The summed E-state index contributed by atoms with van der Waals surface area (Å²) >= 11 is 8.47. The minimum absolute atomic E-state index is 0.111. The molecule has 1 atom stereocenters. The molecule has 2 aromatic rings. The summed E-state index contributed by atoms with van der Waals surface area (Å²) in [7, 11) is 1.59. The van der Waals surface area contributed by atoms with E-state index in [2.05, 4.69) is 28.6 Å². The maximum Gasteiger partial charge on any atom is 0.127 e. The fraction of sp³-hybridized carbons (Fsp3) is 0.667. The monoisotopic (exact) mass is 510 g/mol. The number of aliphatic hydroxyl groups excluding tert-OH is 1. The van der Waals surface area contributed by atoms with E-state index in [1.165, 1.54) is 43.4 Å². The third-order valence-corrected chi connectivity index (χ3v) is 8.67. The molecule has 1 aliphatic rings. The van der Waals surface area contributed by atoms with Gasteiger partial charge in [0.05, 0.1) is 17.6 Å². The van der Waals surface area contributed by atoms with Gasteiger partial charge in [-0.2, -0.15) is 11.8 Å². The smallest absolute Gasteiger partial charge is 0.127 e. The number of aliphatic hydroxyl groups is 1. The number of fused-ring (bicyclic) bond motifs is 1. The molecule has 4 nitrogen and oxygen atoms in total. The molecule has 1 unspecified atom stereocenters. The minimum atomic E-state index is -1.21. The normalized spacial score (nSPS) is 17.2. The van der Waals surface area contributed by atoms with Crippen molar-refractivity contribution < 1.29 is 14.2 Å². The van der Waals surface area contributed by atoms with Gasteiger partial charge in [-0.3, -0.25) is 4.98 Å². The average molecular weight is 511 g/mol. The van der Waals surface area contributed by atoms with Gasteiger partial charge < -0.3 is 14.7 Å². The number of unbranched alkanes of at least 4 members (excludes halogenated alkanes) is 2. The molecule has 1 aromatic carbocycles. The van der Waals surface area contributed by atoms with Gasteiger partial charge in [-0.25, -0.2) is 4.39 Å². The first-order valence-electron chi connectivity index (χ1n) is 12.7. The molecule has 0 aliphatic carbocycles. The van der Waals surface area contributed by atoms with Crippen molar-refractivity contribution in [2.75, 3.05) is 44.9 Å². The number of nitrogens with zero attached hydrogens (tertiary/aromatic N) is 2. The summed E-state index contributed by atoms with van der Waals surface area (Å²) in [6.45, 7) is 5.44. The highest BCUT2D eigenvalue weighted by Gasteiger charge is 2.35. The van der Waals surface area contributed by atoms with Gasteiger partial charge in [-0.1, -0.05) is 31.4 Å². The Balaban J connectivity index is 1.51. The zero-order valence-electron chi connectivity index (χ0n) is 20.7. The Labute approximate surface area is 213 Å². The molecule has 1 saturated heterocycles. The summed E-state index contributed by atoms with van der Waals surface area (Å²) in [6.07, 6.45) is 8.29. The number of benzene rings is 1. The van der Waals surface area contributed by atoms with Crippen molar-refractivity contribution in [3.63, 3.8) is 0 Å². The lowest BCUT2D eigenvalue weighted by Gasteiger charge is -2.41. The maximum atomic E-state index is 15.6. The molecule has 0 amide bonds. The number of pyridine rings is 1. The lowest BCUT2D eigenvalue weighted by molar-refractivity contribution is 0.0304. The zero-order valence-corrected chi connectivity index (χ0v) is 22.3. The van der Waals surface area contributed by atoms with E-state index in [4.69, 9.17) is 16.3 Å². The summed E-state index contributed by atoms with van der Waals surface area (Å²) in [5, 5.41) is 11.3. The van der Waals surface area contributed by atoms with E-state index in [1.54, 1.807) is 13.2 Å². The van der Waals surface area contributed by atoms with Crippen LogP contribution in [-0.2, 0) is 0 Å². The zero-order chi connectivity index (χ0) is 24.4. The first kappa shape index (κ1) is 27.5.